The molecule has 0 unspecified atom stereocenters. The third kappa shape index (κ3) is 3.40. The zero-order valence-electron chi connectivity index (χ0n) is 8.93. The molecule has 0 fully saturated rings. The van der Waals surface area contributed by atoms with Gasteiger partial charge in [-0.25, -0.2) is 0 Å². The van der Waals surface area contributed by atoms with E-state index in [-0.39, 0.29) is 0 Å². The van der Waals surface area contributed by atoms with E-state index in [2.05, 4.69) is 22.5 Å². The molecule has 1 aromatic carbocycles. The normalized spacial score (nSPS) is 10.0. The Kier molecular flexibility index (Phi) is 5.12. The zero-order chi connectivity index (χ0) is 12.1. The molecule has 0 aliphatic heterocycles. The Morgan fingerprint density at radius 2 is 2.25 bits per heavy atom. The van der Waals surface area contributed by atoms with Gasteiger partial charge in [0.05, 0.1) is 12.1 Å². The van der Waals surface area contributed by atoms with Gasteiger partial charge in [0.1, 0.15) is 6.61 Å². The van der Waals surface area contributed by atoms with Crippen LogP contribution in [0.1, 0.15) is 5.56 Å². The first-order valence-corrected chi connectivity index (χ1v) is 5.78. The summed E-state index contributed by atoms with van der Waals surface area (Å²) in [6, 6.07) is 3.56. The molecule has 0 heterocycles. The molecule has 0 atom stereocenters. The fourth-order valence-corrected chi connectivity index (χ4v) is 1.58. The molecule has 0 radical (unpaired) electrons. The summed E-state index contributed by atoms with van der Waals surface area (Å²) in [7, 11) is 1.56. The lowest BCUT2D eigenvalue weighted by Gasteiger charge is -2.13. The van der Waals surface area contributed by atoms with Gasteiger partial charge in [0.25, 0.3) is 0 Å². The highest BCUT2D eigenvalue weighted by atomic mass is 79.9. The van der Waals surface area contributed by atoms with Gasteiger partial charge in [-0.3, -0.25) is 0 Å². The highest BCUT2D eigenvalue weighted by Gasteiger charge is 2.11. The lowest BCUT2D eigenvalue weighted by atomic mass is 10.2. The molecule has 0 spiro atoms. The first-order valence-electron chi connectivity index (χ1n) is 4.61. The van der Waals surface area contributed by atoms with Crippen LogP contribution in [0, 0.1) is 0 Å². The van der Waals surface area contributed by atoms with Gasteiger partial charge in [0.15, 0.2) is 11.5 Å². The van der Waals surface area contributed by atoms with Gasteiger partial charge < -0.3 is 15.2 Å². The standard InChI is InChI=1S/C11H13BrClNO2/c1-7(12)6-16-11-9(13)3-8(5-14)4-10(11)15-2/h3-4H,1,5-6,14H2,2H3. The van der Waals surface area contributed by atoms with Gasteiger partial charge in [-0.15, -0.1) is 0 Å². The molecule has 0 bridgehead atoms. The van der Waals surface area contributed by atoms with Crippen LogP contribution in [0.25, 0.3) is 0 Å². The monoisotopic (exact) mass is 305 g/mol. The summed E-state index contributed by atoms with van der Waals surface area (Å²) < 4.78 is 11.4. The molecule has 0 aromatic heterocycles. The molecule has 0 saturated carbocycles. The molecule has 88 valence electrons. The molecule has 0 aliphatic rings. The van der Waals surface area contributed by atoms with Gasteiger partial charge in [-0.2, -0.15) is 0 Å². The Hall–Kier alpha value is -0.710. The van der Waals surface area contributed by atoms with Crippen LogP contribution in [-0.4, -0.2) is 13.7 Å². The first kappa shape index (κ1) is 13.4. The Morgan fingerprint density at radius 1 is 1.56 bits per heavy atom. The van der Waals surface area contributed by atoms with Crippen molar-refractivity contribution < 1.29 is 9.47 Å². The molecular formula is C11H13BrClNO2. The maximum absolute atomic E-state index is 6.07. The second-order valence-corrected chi connectivity index (χ2v) is 4.65. The summed E-state index contributed by atoms with van der Waals surface area (Å²) in [6.45, 7) is 4.41. The van der Waals surface area contributed by atoms with Crippen molar-refractivity contribution in [3.63, 3.8) is 0 Å². The van der Waals surface area contributed by atoms with Crippen molar-refractivity contribution in [1.82, 2.24) is 0 Å². The largest absolute Gasteiger partial charge is 0.493 e. The van der Waals surface area contributed by atoms with Gasteiger partial charge in [-0.05, 0) is 17.7 Å². The fraction of sp³-hybridized carbons (Fsp3) is 0.273. The third-order valence-corrected chi connectivity index (χ3v) is 2.41. The molecule has 0 amide bonds. The van der Waals surface area contributed by atoms with Crippen LogP contribution in [0.3, 0.4) is 0 Å². The maximum atomic E-state index is 6.07. The predicted octanol–water partition coefficient (Wildman–Crippen LogP) is 3.09. The van der Waals surface area contributed by atoms with E-state index in [1.165, 1.54) is 0 Å². The number of nitrogens with two attached hydrogens (primary N) is 1. The van der Waals surface area contributed by atoms with Crippen molar-refractivity contribution in [2.45, 2.75) is 6.54 Å². The van der Waals surface area contributed by atoms with Gasteiger partial charge in [0.2, 0.25) is 0 Å². The van der Waals surface area contributed by atoms with E-state index in [0.717, 1.165) is 10.0 Å². The van der Waals surface area contributed by atoms with Crippen LogP contribution in [-0.2, 0) is 6.54 Å². The van der Waals surface area contributed by atoms with E-state index in [9.17, 15) is 0 Å². The minimum absolute atomic E-state index is 0.331. The molecule has 1 aromatic rings. The highest BCUT2D eigenvalue weighted by Crippen LogP contribution is 2.36. The summed E-state index contributed by atoms with van der Waals surface area (Å²) in [5, 5.41) is 0.480. The lowest BCUT2D eigenvalue weighted by Crippen LogP contribution is -2.02. The second-order valence-electron chi connectivity index (χ2n) is 3.12. The van der Waals surface area contributed by atoms with Crippen molar-refractivity contribution in [3.05, 3.63) is 33.8 Å². The summed E-state index contributed by atoms with van der Waals surface area (Å²) >= 11 is 9.28. The molecule has 2 N–H and O–H groups in total. The number of ether oxygens (including phenoxy) is 2. The van der Waals surface area contributed by atoms with Crippen LogP contribution in [0.5, 0.6) is 11.5 Å². The van der Waals surface area contributed by atoms with Crippen LogP contribution >= 0.6 is 27.5 Å². The lowest BCUT2D eigenvalue weighted by molar-refractivity contribution is 0.325. The highest BCUT2D eigenvalue weighted by molar-refractivity contribution is 9.11. The van der Waals surface area contributed by atoms with Gasteiger partial charge >= 0.3 is 0 Å². The number of methoxy groups -OCH3 is 1. The average molecular weight is 307 g/mol. The topological polar surface area (TPSA) is 44.5 Å². The Labute approximate surface area is 108 Å². The number of hydrogen-bond acceptors (Lipinski definition) is 3. The Morgan fingerprint density at radius 3 is 2.75 bits per heavy atom. The first-order chi connectivity index (χ1) is 7.58. The molecule has 16 heavy (non-hydrogen) atoms. The predicted molar refractivity (Wildman–Crippen MR) is 69.5 cm³/mol. The number of rotatable bonds is 5. The summed E-state index contributed by atoms with van der Waals surface area (Å²) in [5.74, 6) is 1.07. The molecule has 1 rings (SSSR count). The average Bonchev–Trinajstić information content (AvgIpc) is 2.26. The van der Waals surface area contributed by atoms with E-state index < -0.39 is 0 Å². The van der Waals surface area contributed by atoms with Crippen LogP contribution < -0.4 is 15.2 Å². The maximum Gasteiger partial charge on any atom is 0.180 e. The van der Waals surface area contributed by atoms with Crippen LogP contribution in [0.15, 0.2) is 23.2 Å². The van der Waals surface area contributed by atoms with Gasteiger partial charge in [-0.1, -0.05) is 34.1 Å². The Bertz CT molecular complexity index is 396. The fourth-order valence-electron chi connectivity index (χ4n) is 1.18. The molecule has 5 heteroatoms. The van der Waals surface area contributed by atoms with Crippen molar-refractivity contribution in [2.24, 2.45) is 5.73 Å². The minimum atomic E-state index is 0.331. The van der Waals surface area contributed by atoms with Gasteiger partial charge in [0, 0.05) is 11.0 Å². The number of halogens is 2. The molecule has 0 saturated heterocycles. The molecular weight excluding hydrogens is 293 g/mol. The number of hydrogen-bond donors (Lipinski definition) is 1. The summed E-state index contributed by atoms with van der Waals surface area (Å²) in [4.78, 5) is 0. The second kappa shape index (κ2) is 6.13. The van der Waals surface area contributed by atoms with Crippen molar-refractivity contribution in [3.8, 4) is 11.5 Å². The molecule has 0 aliphatic carbocycles. The minimum Gasteiger partial charge on any atom is -0.493 e. The Balaban J connectivity index is 3.01. The third-order valence-electron chi connectivity index (χ3n) is 1.90. The van der Waals surface area contributed by atoms with Crippen molar-refractivity contribution >= 4 is 27.5 Å². The quantitative estimate of drug-likeness (QED) is 0.909. The van der Waals surface area contributed by atoms with E-state index >= 15 is 0 Å². The van der Waals surface area contributed by atoms with Crippen molar-refractivity contribution in [2.75, 3.05) is 13.7 Å². The SMILES string of the molecule is C=C(Br)COc1c(Cl)cc(CN)cc1OC. The van der Waals surface area contributed by atoms with Crippen LogP contribution in [0.4, 0.5) is 0 Å². The van der Waals surface area contributed by atoms with E-state index in [1.54, 1.807) is 19.2 Å². The smallest absolute Gasteiger partial charge is 0.180 e. The summed E-state index contributed by atoms with van der Waals surface area (Å²) in [5.41, 5.74) is 6.43. The molecule has 3 nitrogen and oxygen atoms in total. The summed E-state index contributed by atoms with van der Waals surface area (Å²) in [6.07, 6.45) is 0. The zero-order valence-corrected chi connectivity index (χ0v) is 11.3. The number of benzene rings is 1. The van der Waals surface area contributed by atoms with Crippen molar-refractivity contribution in [1.29, 1.82) is 0 Å². The van der Waals surface area contributed by atoms with Crippen LogP contribution in [0.2, 0.25) is 5.02 Å². The van der Waals surface area contributed by atoms with E-state index in [4.69, 9.17) is 26.8 Å². The van der Waals surface area contributed by atoms with E-state index in [0.29, 0.717) is 29.7 Å². The van der Waals surface area contributed by atoms with E-state index in [1.807, 2.05) is 0 Å².